The van der Waals surface area contributed by atoms with Gasteiger partial charge < -0.3 is 16.0 Å². The molecule has 3 amide bonds. The first-order valence-corrected chi connectivity index (χ1v) is 7.47. The molecule has 0 unspecified atom stereocenters. The summed E-state index contributed by atoms with van der Waals surface area (Å²) in [6, 6.07) is 15.0. The van der Waals surface area contributed by atoms with E-state index in [4.69, 9.17) is 0 Å². The van der Waals surface area contributed by atoms with Gasteiger partial charge in [0.2, 0.25) is 5.91 Å². The maximum Gasteiger partial charge on any atom is 0.315 e. The van der Waals surface area contributed by atoms with Gasteiger partial charge in [-0.2, -0.15) is 0 Å². The molecule has 2 aromatic carbocycles. The fraction of sp³-hybridized carbons (Fsp3) is 0.222. The summed E-state index contributed by atoms with van der Waals surface area (Å²) < 4.78 is 0. The van der Waals surface area contributed by atoms with Crippen molar-refractivity contribution in [3.8, 4) is 0 Å². The van der Waals surface area contributed by atoms with Crippen molar-refractivity contribution < 1.29 is 9.59 Å². The average molecular weight is 311 g/mol. The molecule has 2 aromatic rings. The topological polar surface area (TPSA) is 70.2 Å². The Hall–Kier alpha value is -2.82. The quantitative estimate of drug-likeness (QED) is 0.794. The second kappa shape index (κ2) is 7.98. The lowest BCUT2D eigenvalue weighted by Gasteiger charge is -2.10. The number of carbonyl (C=O) groups excluding carboxylic acids is 2. The molecule has 23 heavy (non-hydrogen) atoms. The highest BCUT2D eigenvalue weighted by Gasteiger charge is 2.06. The first kappa shape index (κ1) is 16.5. The number of amides is 3. The maximum absolute atomic E-state index is 11.8. The van der Waals surface area contributed by atoms with Gasteiger partial charge in [-0.05, 0) is 31.0 Å². The molecule has 0 bridgehead atoms. The lowest BCUT2D eigenvalue weighted by Crippen LogP contribution is -2.39. The molecule has 120 valence electrons. The van der Waals surface area contributed by atoms with Crippen molar-refractivity contribution in [1.29, 1.82) is 0 Å². The number of nitrogens with one attached hydrogen (secondary N) is 3. The van der Waals surface area contributed by atoms with Gasteiger partial charge in [0.1, 0.15) is 0 Å². The Kier molecular flexibility index (Phi) is 5.74. The van der Waals surface area contributed by atoms with Crippen LogP contribution in [0.3, 0.4) is 0 Å². The summed E-state index contributed by atoms with van der Waals surface area (Å²) in [5.74, 6) is -0.259. The number of hydrogen-bond donors (Lipinski definition) is 3. The molecular formula is C18H21N3O2. The van der Waals surface area contributed by atoms with Crippen LogP contribution in [-0.4, -0.2) is 18.5 Å². The van der Waals surface area contributed by atoms with Crippen LogP contribution in [0.5, 0.6) is 0 Å². The third kappa shape index (κ3) is 5.47. The molecule has 0 spiro atoms. The molecular weight excluding hydrogens is 290 g/mol. The van der Waals surface area contributed by atoms with Crippen LogP contribution in [0.15, 0.2) is 48.5 Å². The van der Waals surface area contributed by atoms with Gasteiger partial charge in [0.25, 0.3) is 0 Å². The van der Waals surface area contributed by atoms with Gasteiger partial charge >= 0.3 is 6.03 Å². The van der Waals surface area contributed by atoms with Crippen LogP contribution in [0.25, 0.3) is 0 Å². The number of rotatable bonds is 5. The average Bonchev–Trinajstić information content (AvgIpc) is 2.54. The van der Waals surface area contributed by atoms with Crippen molar-refractivity contribution in [2.45, 2.75) is 20.4 Å². The van der Waals surface area contributed by atoms with E-state index in [-0.39, 0.29) is 18.5 Å². The van der Waals surface area contributed by atoms with Gasteiger partial charge in [-0.1, -0.05) is 48.0 Å². The van der Waals surface area contributed by atoms with Gasteiger partial charge in [0.15, 0.2) is 0 Å². The van der Waals surface area contributed by atoms with Crippen molar-refractivity contribution in [1.82, 2.24) is 10.6 Å². The normalized spacial score (nSPS) is 10.0. The fourth-order valence-electron chi connectivity index (χ4n) is 2.02. The molecule has 0 aliphatic carbocycles. The van der Waals surface area contributed by atoms with E-state index in [2.05, 4.69) is 16.0 Å². The Labute approximate surface area is 136 Å². The van der Waals surface area contributed by atoms with E-state index in [1.54, 1.807) is 0 Å². The van der Waals surface area contributed by atoms with Gasteiger partial charge in [-0.25, -0.2) is 4.79 Å². The van der Waals surface area contributed by atoms with Crippen molar-refractivity contribution in [3.05, 3.63) is 65.2 Å². The lowest BCUT2D eigenvalue weighted by atomic mass is 10.1. The molecule has 3 N–H and O–H groups in total. The lowest BCUT2D eigenvalue weighted by molar-refractivity contribution is -0.115. The predicted molar refractivity (Wildman–Crippen MR) is 91.2 cm³/mol. The van der Waals surface area contributed by atoms with Crippen LogP contribution in [0.1, 0.15) is 16.7 Å². The zero-order valence-electron chi connectivity index (χ0n) is 13.3. The van der Waals surface area contributed by atoms with Crippen molar-refractivity contribution in [2.24, 2.45) is 0 Å². The van der Waals surface area contributed by atoms with Crippen LogP contribution >= 0.6 is 0 Å². The standard InChI is InChI=1S/C18H21N3O2/c1-13-7-9-15(10-8-13)11-19-18(23)20-12-17(22)21-16-6-4-3-5-14(16)2/h3-10H,11-12H2,1-2H3,(H,21,22)(H2,19,20,23). The zero-order chi connectivity index (χ0) is 16.7. The monoisotopic (exact) mass is 311 g/mol. The summed E-state index contributed by atoms with van der Waals surface area (Å²) in [5, 5.41) is 8.02. The third-order valence-electron chi connectivity index (χ3n) is 3.40. The second-order valence-corrected chi connectivity index (χ2v) is 5.38. The molecule has 2 rings (SSSR count). The van der Waals surface area contributed by atoms with Crippen molar-refractivity contribution in [2.75, 3.05) is 11.9 Å². The molecule has 5 heteroatoms. The van der Waals surface area contributed by atoms with Crippen molar-refractivity contribution in [3.63, 3.8) is 0 Å². The zero-order valence-corrected chi connectivity index (χ0v) is 13.3. The summed E-state index contributed by atoms with van der Waals surface area (Å²) in [6.07, 6.45) is 0. The van der Waals surface area contributed by atoms with Crippen molar-refractivity contribution >= 4 is 17.6 Å². The molecule has 5 nitrogen and oxygen atoms in total. The number of anilines is 1. The van der Waals surface area contributed by atoms with E-state index in [9.17, 15) is 9.59 Å². The Morgan fingerprint density at radius 2 is 1.61 bits per heavy atom. The van der Waals surface area contributed by atoms with E-state index in [1.807, 2.05) is 62.4 Å². The van der Waals surface area contributed by atoms with Crippen LogP contribution in [0.4, 0.5) is 10.5 Å². The summed E-state index contributed by atoms with van der Waals surface area (Å²) >= 11 is 0. The molecule has 0 aliphatic heterocycles. The maximum atomic E-state index is 11.8. The minimum atomic E-state index is -0.370. The number of urea groups is 1. The smallest absolute Gasteiger partial charge is 0.315 e. The summed E-state index contributed by atoms with van der Waals surface area (Å²) in [7, 11) is 0. The third-order valence-corrected chi connectivity index (χ3v) is 3.40. The Morgan fingerprint density at radius 3 is 2.30 bits per heavy atom. The first-order chi connectivity index (χ1) is 11.0. The highest BCUT2D eigenvalue weighted by atomic mass is 16.2. The highest BCUT2D eigenvalue weighted by molar-refractivity contribution is 5.94. The Morgan fingerprint density at radius 1 is 0.913 bits per heavy atom. The molecule has 0 atom stereocenters. The number of hydrogen-bond acceptors (Lipinski definition) is 2. The van der Waals surface area contributed by atoms with E-state index in [0.29, 0.717) is 6.54 Å². The largest absolute Gasteiger partial charge is 0.334 e. The number of carbonyl (C=O) groups is 2. The van der Waals surface area contributed by atoms with E-state index in [1.165, 1.54) is 5.56 Å². The van der Waals surface area contributed by atoms with Crippen LogP contribution in [0, 0.1) is 13.8 Å². The van der Waals surface area contributed by atoms with Gasteiger partial charge in [-0.15, -0.1) is 0 Å². The molecule has 0 aromatic heterocycles. The molecule has 0 heterocycles. The van der Waals surface area contributed by atoms with E-state index < -0.39 is 0 Å². The van der Waals surface area contributed by atoms with Gasteiger partial charge in [0.05, 0.1) is 6.54 Å². The second-order valence-electron chi connectivity index (χ2n) is 5.38. The van der Waals surface area contributed by atoms with E-state index in [0.717, 1.165) is 16.8 Å². The minimum absolute atomic E-state index is 0.0753. The van der Waals surface area contributed by atoms with Gasteiger partial charge in [-0.3, -0.25) is 4.79 Å². The fourth-order valence-corrected chi connectivity index (χ4v) is 2.02. The summed E-state index contributed by atoms with van der Waals surface area (Å²) in [5.41, 5.74) is 3.91. The van der Waals surface area contributed by atoms with Crippen LogP contribution in [0.2, 0.25) is 0 Å². The molecule has 0 fully saturated rings. The summed E-state index contributed by atoms with van der Waals surface area (Å²) in [6.45, 7) is 4.27. The van der Waals surface area contributed by atoms with Crippen LogP contribution in [-0.2, 0) is 11.3 Å². The molecule has 0 radical (unpaired) electrons. The first-order valence-electron chi connectivity index (χ1n) is 7.47. The Bertz CT molecular complexity index is 681. The number of benzene rings is 2. The van der Waals surface area contributed by atoms with Crippen LogP contribution < -0.4 is 16.0 Å². The predicted octanol–water partition coefficient (Wildman–Crippen LogP) is 2.74. The SMILES string of the molecule is Cc1ccc(CNC(=O)NCC(=O)Nc2ccccc2C)cc1. The number of para-hydroxylation sites is 1. The highest BCUT2D eigenvalue weighted by Crippen LogP contribution is 2.12. The Balaban J connectivity index is 1.72. The minimum Gasteiger partial charge on any atom is -0.334 e. The molecule has 0 saturated carbocycles. The summed E-state index contributed by atoms with van der Waals surface area (Å²) in [4.78, 5) is 23.5. The molecule has 0 aliphatic rings. The number of aryl methyl sites for hydroxylation is 2. The van der Waals surface area contributed by atoms with Gasteiger partial charge in [0, 0.05) is 12.2 Å². The molecule has 0 saturated heterocycles. The van der Waals surface area contributed by atoms with E-state index >= 15 is 0 Å².